The fourth-order valence-electron chi connectivity index (χ4n) is 1.89. The van der Waals surface area contributed by atoms with Crippen molar-refractivity contribution in [1.82, 2.24) is 0 Å². The van der Waals surface area contributed by atoms with Crippen LogP contribution in [0.3, 0.4) is 0 Å². The van der Waals surface area contributed by atoms with Gasteiger partial charge in [0.2, 0.25) is 9.79 Å². The van der Waals surface area contributed by atoms with Gasteiger partial charge in [-0.25, -0.2) is 0 Å². The van der Waals surface area contributed by atoms with Crippen molar-refractivity contribution in [2.45, 2.75) is 15.3 Å². The van der Waals surface area contributed by atoms with E-state index in [-0.39, 0.29) is 21.3 Å². The van der Waals surface area contributed by atoms with E-state index in [1.165, 1.54) is 12.1 Å². The average molecular weight is 269 g/mol. The van der Waals surface area contributed by atoms with Crippen molar-refractivity contribution in [3.05, 3.63) is 48.5 Å². The summed E-state index contributed by atoms with van der Waals surface area (Å²) in [7, 11) is -1.94. The molecule has 0 aromatic heterocycles. The molecule has 5 heteroatoms. The van der Waals surface area contributed by atoms with Crippen LogP contribution in [0.25, 0.3) is 0 Å². The summed E-state index contributed by atoms with van der Waals surface area (Å²) < 4.78 is 45.3. The number of halogens is 3. The molecule has 0 aliphatic carbocycles. The van der Waals surface area contributed by atoms with E-state index in [0.29, 0.717) is 0 Å². The molecule has 0 radical (unpaired) electrons. The smallest absolute Gasteiger partial charge is 0.447 e. The number of hydrogen-bond donors (Lipinski definition) is 0. The molecule has 1 nitrogen and oxygen atoms in total. The van der Waals surface area contributed by atoms with E-state index in [1.54, 1.807) is 36.4 Å². The minimum Gasteiger partial charge on any atom is -0.447 e. The molecule has 0 amide bonds. The van der Waals surface area contributed by atoms with Crippen molar-refractivity contribution in [3.8, 4) is 11.5 Å². The molecule has 92 valence electrons. The number of para-hydroxylation sites is 2. The summed E-state index contributed by atoms with van der Waals surface area (Å²) in [5.41, 5.74) is -4.30. The Labute approximate surface area is 105 Å². The topological polar surface area (TPSA) is 9.23 Å². The summed E-state index contributed by atoms with van der Waals surface area (Å²) >= 11 is 0. The van der Waals surface area contributed by atoms with Crippen molar-refractivity contribution in [3.63, 3.8) is 0 Å². The van der Waals surface area contributed by atoms with Crippen molar-refractivity contribution >= 4 is 10.9 Å². The van der Waals surface area contributed by atoms with Crippen LogP contribution in [0.5, 0.6) is 11.5 Å². The van der Waals surface area contributed by atoms with Gasteiger partial charge in [0.25, 0.3) is 0 Å². The monoisotopic (exact) mass is 269 g/mol. The Morgan fingerprint density at radius 2 is 1.22 bits per heavy atom. The number of benzene rings is 2. The first-order valence-corrected chi connectivity index (χ1v) is 6.47. The highest BCUT2D eigenvalue weighted by Crippen LogP contribution is 2.49. The molecule has 3 rings (SSSR count). The Bertz CT molecular complexity index is 549. The molecule has 2 aromatic carbocycles. The van der Waals surface area contributed by atoms with Crippen LogP contribution in [0.15, 0.2) is 58.3 Å². The molecule has 1 heterocycles. The Balaban J connectivity index is 2.24. The zero-order chi connectivity index (χ0) is 12.8. The molecule has 1 aliphatic rings. The first-order valence-electron chi connectivity index (χ1n) is 5.24. The Morgan fingerprint density at radius 1 is 0.778 bits per heavy atom. The molecule has 0 saturated carbocycles. The average Bonchev–Trinajstić information content (AvgIpc) is 2.34. The minimum atomic E-state index is -4.30. The molecule has 18 heavy (non-hydrogen) atoms. The van der Waals surface area contributed by atoms with Crippen LogP contribution in [0, 0.1) is 0 Å². The summed E-state index contributed by atoms with van der Waals surface area (Å²) in [5, 5.41) is 0. The first-order chi connectivity index (χ1) is 8.57. The normalized spacial score (nSPS) is 14.6. The molecular formula is C13H8F3OS+. The molecule has 0 bridgehead atoms. The summed E-state index contributed by atoms with van der Waals surface area (Å²) in [6.07, 6.45) is 0. The zero-order valence-electron chi connectivity index (χ0n) is 9.07. The molecule has 0 saturated heterocycles. The van der Waals surface area contributed by atoms with Gasteiger partial charge in [-0.1, -0.05) is 24.3 Å². The second kappa shape index (κ2) is 3.95. The van der Waals surface area contributed by atoms with Crippen LogP contribution in [-0.2, 0) is 10.9 Å². The minimum absolute atomic E-state index is 0.198. The first kappa shape index (κ1) is 11.5. The highest BCUT2D eigenvalue weighted by molar-refractivity contribution is 7.98. The second-order valence-corrected chi connectivity index (χ2v) is 5.70. The lowest BCUT2D eigenvalue weighted by molar-refractivity contribution is -0.0374. The molecule has 0 N–H and O–H groups in total. The highest BCUT2D eigenvalue weighted by atomic mass is 32.2. The van der Waals surface area contributed by atoms with E-state index < -0.39 is 16.4 Å². The van der Waals surface area contributed by atoms with E-state index in [0.717, 1.165) is 0 Å². The summed E-state index contributed by atoms with van der Waals surface area (Å²) in [6, 6.07) is 12.6. The fourth-order valence-corrected chi connectivity index (χ4v) is 3.68. The highest BCUT2D eigenvalue weighted by Gasteiger charge is 2.58. The van der Waals surface area contributed by atoms with Crippen LogP contribution in [-0.4, -0.2) is 5.51 Å². The third kappa shape index (κ3) is 1.75. The Hall–Kier alpha value is -1.62. The van der Waals surface area contributed by atoms with Crippen LogP contribution >= 0.6 is 0 Å². The van der Waals surface area contributed by atoms with Gasteiger partial charge in [0.15, 0.2) is 22.4 Å². The summed E-state index contributed by atoms with van der Waals surface area (Å²) in [5.74, 6) is 0.578. The third-order valence-corrected chi connectivity index (χ3v) is 4.61. The van der Waals surface area contributed by atoms with Gasteiger partial charge in [-0.3, -0.25) is 0 Å². The van der Waals surface area contributed by atoms with Crippen LogP contribution < -0.4 is 4.74 Å². The van der Waals surface area contributed by atoms with Gasteiger partial charge in [-0.2, -0.15) is 0 Å². The third-order valence-electron chi connectivity index (χ3n) is 2.59. The number of fused-ring (bicyclic) bond motifs is 2. The van der Waals surface area contributed by atoms with Crippen LogP contribution in [0.1, 0.15) is 0 Å². The van der Waals surface area contributed by atoms with E-state index in [2.05, 4.69) is 0 Å². The number of alkyl halides is 3. The molecule has 1 aliphatic heterocycles. The maximum Gasteiger partial charge on any atom is 0.586 e. The van der Waals surface area contributed by atoms with Gasteiger partial charge in [-0.05, 0) is 24.3 Å². The number of ether oxygens (including phenoxy) is 1. The SMILES string of the molecule is FC(F)(F)[S+]1c2ccccc2Oc2ccccc21. The van der Waals surface area contributed by atoms with E-state index in [9.17, 15) is 13.2 Å². The van der Waals surface area contributed by atoms with E-state index >= 15 is 0 Å². The van der Waals surface area contributed by atoms with E-state index in [4.69, 9.17) is 4.74 Å². The van der Waals surface area contributed by atoms with Crippen molar-refractivity contribution in [2.24, 2.45) is 0 Å². The van der Waals surface area contributed by atoms with Gasteiger partial charge < -0.3 is 4.74 Å². The van der Waals surface area contributed by atoms with Crippen LogP contribution in [0.2, 0.25) is 0 Å². The van der Waals surface area contributed by atoms with Crippen molar-refractivity contribution in [2.75, 3.05) is 0 Å². The molecule has 2 aromatic rings. The molecule has 0 spiro atoms. The standard InChI is InChI=1S/C13H8F3OS/c14-13(15,16)18-11-7-3-1-5-9(11)17-10-6-2-4-8-12(10)18/h1-8H/q+1. The van der Waals surface area contributed by atoms with Crippen molar-refractivity contribution in [1.29, 1.82) is 0 Å². The Kier molecular flexibility index (Phi) is 2.52. The lowest BCUT2D eigenvalue weighted by Crippen LogP contribution is -2.27. The zero-order valence-corrected chi connectivity index (χ0v) is 9.89. The predicted octanol–water partition coefficient (Wildman–Crippen LogP) is 4.35. The van der Waals surface area contributed by atoms with Gasteiger partial charge in [0.1, 0.15) is 0 Å². The maximum atomic E-state index is 13.3. The molecule has 0 fully saturated rings. The fraction of sp³-hybridized carbons (Fsp3) is 0.0769. The lowest BCUT2D eigenvalue weighted by Gasteiger charge is -2.20. The quantitative estimate of drug-likeness (QED) is 0.646. The largest absolute Gasteiger partial charge is 0.586 e. The molecular weight excluding hydrogens is 261 g/mol. The van der Waals surface area contributed by atoms with E-state index in [1.807, 2.05) is 0 Å². The van der Waals surface area contributed by atoms with Gasteiger partial charge in [-0.15, -0.1) is 13.2 Å². The van der Waals surface area contributed by atoms with Crippen molar-refractivity contribution < 1.29 is 17.9 Å². The van der Waals surface area contributed by atoms with Gasteiger partial charge in [0.05, 0.1) is 0 Å². The molecule has 0 atom stereocenters. The number of hydrogen-bond acceptors (Lipinski definition) is 1. The van der Waals surface area contributed by atoms with Crippen LogP contribution in [0.4, 0.5) is 13.2 Å². The van der Waals surface area contributed by atoms with Gasteiger partial charge >= 0.3 is 5.51 Å². The molecule has 0 unspecified atom stereocenters. The Morgan fingerprint density at radius 3 is 1.67 bits per heavy atom. The second-order valence-electron chi connectivity index (χ2n) is 3.75. The lowest BCUT2D eigenvalue weighted by atomic mass is 10.3. The van der Waals surface area contributed by atoms with Gasteiger partial charge in [0, 0.05) is 0 Å². The predicted molar refractivity (Wildman–Crippen MR) is 62.9 cm³/mol. The maximum absolute atomic E-state index is 13.3. The summed E-state index contributed by atoms with van der Waals surface area (Å²) in [4.78, 5) is 0.396. The summed E-state index contributed by atoms with van der Waals surface area (Å²) in [6.45, 7) is 0. The number of rotatable bonds is 0.